The van der Waals surface area contributed by atoms with Crippen molar-refractivity contribution in [1.82, 2.24) is 4.98 Å². The summed E-state index contributed by atoms with van der Waals surface area (Å²) in [7, 11) is 0. The largest absolute Gasteiger partial charge is 0.481 e. The molecule has 1 aliphatic rings. The number of nitriles is 1. The molecule has 3 rings (SSSR count). The van der Waals surface area contributed by atoms with E-state index in [-0.39, 0.29) is 5.92 Å². The van der Waals surface area contributed by atoms with Crippen LogP contribution in [0.1, 0.15) is 12.0 Å². The van der Waals surface area contributed by atoms with Crippen molar-refractivity contribution in [3.8, 4) is 6.07 Å². The van der Waals surface area contributed by atoms with Gasteiger partial charge in [-0.3, -0.25) is 9.78 Å². The quantitative estimate of drug-likeness (QED) is 0.905. The Hall–Kier alpha value is -2.13. The zero-order valence-corrected chi connectivity index (χ0v) is 12.7. The molecule has 1 atom stereocenters. The van der Waals surface area contributed by atoms with Crippen LogP contribution in [-0.4, -0.2) is 29.1 Å². The Morgan fingerprint density at radius 3 is 3.00 bits per heavy atom. The van der Waals surface area contributed by atoms with Gasteiger partial charge in [0.05, 0.1) is 22.7 Å². The molecule has 1 saturated heterocycles. The highest BCUT2D eigenvalue weighted by molar-refractivity contribution is 9.10. The van der Waals surface area contributed by atoms with Crippen molar-refractivity contribution in [3.63, 3.8) is 0 Å². The Morgan fingerprint density at radius 2 is 2.33 bits per heavy atom. The number of benzene rings is 1. The van der Waals surface area contributed by atoms with Crippen LogP contribution in [0.2, 0.25) is 0 Å². The van der Waals surface area contributed by atoms with Crippen LogP contribution in [0, 0.1) is 17.2 Å². The van der Waals surface area contributed by atoms with E-state index in [9.17, 15) is 10.1 Å². The van der Waals surface area contributed by atoms with Crippen molar-refractivity contribution < 1.29 is 9.90 Å². The van der Waals surface area contributed by atoms with Crippen molar-refractivity contribution in [2.24, 2.45) is 5.92 Å². The number of pyridine rings is 1. The van der Waals surface area contributed by atoms with Gasteiger partial charge in [-0.25, -0.2) is 0 Å². The average Bonchev–Trinajstić information content (AvgIpc) is 2.96. The topological polar surface area (TPSA) is 77.2 Å². The summed E-state index contributed by atoms with van der Waals surface area (Å²) in [5.41, 5.74) is 2.05. The maximum atomic E-state index is 11.1. The zero-order chi connectivity index (χ0) is 15.0. The summed E-state index contributed by atoms with van der Waals surface area (Å²) in [5, 5.41) is 19.4. The van der Waals surface area contributed by atoms with Gasteiger partial charge < -0.3 is 10.0 Å². The number of hydrogen-bond acceptors (Lipinski definition) is 4. The van der Waals surface area contributed by atoms with E-state index in [0.29, 0.717) is 25.1 Å². The van der Waals surface area contributed by atoms with Gasteiger partial charge in [0.2, 0.25) is 0 Å². The molecule has 1 aromatic heterocycles. The number of anilines is 1. The van der Waals surface area contributed by atoms with Gasteiger partial charge in [0.15, 0.2) is 0 Å². The average molecular weight is 346 g/mol. The molecule has 21 heavy (non-hydrogen) atoms. The highest BCUT2D eigenvalue weighted by Gasteiger charge is 2.30. The van der Waals surface area contributed by atoms with Crippen LogP contribution in [0.4, 0.5) is 5.69 Å². The van der Waals surface area contributed by atoms with Crippen LogP contribution in [-0.2, 0) is 4.79 Å². The van der Waals surface area contributed by atoms with Crippen LogP contribution in [0.5, 0.6) is 0 Å². The lowest BCUT2D eigenvalue weighted by Crippen LogP contribution is -2.23. The lowest BCUT2D eigenvalue weighted by molar-refractivity contribution is -0.140. The fraction of sp³-hybridized carbons (Fsp3) is 0.267. The van der Waals surface area contributed by atoms with Gasteiger partial charge in [0, 0.05) is 29.1 Å². The maximum Gasteiger partial charge on any atom is 0.308 e. The Labute approximate surface area is 129 Å². The minimum atomic E-state index is -0.782. The fourth-order valence-electron chi connectivity index (χ4n) is 2.76. The zero-order valence-electron chi connectivity index (χ0n) is 11.1. The molecule has 0 bridgehead atoms. The van der Waals surface area contributed by atoms with E-state index < -0.39 is 5.97 Å². The SMILES string of the molecule is N#Cc1cnc2c(Br)cccc2c1N1CCC(C(=O)O)C1. The van der Waals surface area contributed by atoms with E-state index in [4.69, 9.17) is 5.11 Å². The third kappa shape index (κ3) is 2.34. The molecule has 0 amide bonds. The minimum Gasteiger partial charge on any atom is -0.481 e. The number of para-hydroxylation sites is 1. The second-order valence-electron chi connectivity index (χ2n) is 5.04. The third-order valence-electron chi connectivity index (χ3n) is 3.79. The standard InChI is InChI=1S/C15H12BrN3O2/c16-12-3-1-2-11-13(12)18-7-10(6-17)14(11)19-5-4-9(8-19)15(20)21/h1-3,7,9H,4-5,8H2,(H,20,21). The fourth-order valence-corrected chi connectivity index (χ4v) is 3.23. The Kier molecular flexibility index (Phi) is 3.52. The van der Waals surface area contributed by atoms with Crippen molar-refractivity contribution in [2.75, 3.05) is 18.0 Å². The number of aliphatic carboxylic acids is 1. The number of nitrogens with zero attached hydrogens (tertiary/aromatic N) is 3. The molecule has 0 radical (unpaired) electrons. The van der Waals surface area contributed by atoms with Crippen molar-refractivity contribution in [2.45, 2.75) is 6.42 Å². The third-order valence-corrected chi connectivity index (χ3v) is 4.43. The first kappa shape index (κ1) is 13.8. The molecule has 5 nitrogen and oxygen atoms in total. The summed E-state index contributed by atoms with van der Waals surface area (Å²) in [6, 6.07) is 7.87. The van der Waals surface area contributed by atoms with E-state index in [2.05, 4.69) is 27.0 Å². The molecule has 1 aliphatic heterocycles. The van der Waals surface area contributed by atoms with Gasteiger partial charge in [-0.1, -0.05) is 12.1 Å². The maximum absolute atomic E-state index is 11.1. The molecule has 0 saturated carbocycles. The molecule has 0 aliphatic carbocycles. The lowest BCUT2D eigenvalue weighted by atomic mass is 10.1. The number of hydrogen-bond donors (Lipinski definition) is 1. The van der Waals surface area contributed by atoms with E-state index in [1.54, 1.807) is 6.20 Å². The second-order valence-corrected chi connectivity index (χ2v) is 5.89. The first-order chi connectivity index (χ1) is 10.1. The predicted molar refractivity (Wildman–Crippen MR) is 82.1 cm³/mol. The van der Waals surface area contributed by atoms with Crippen LogP contribution in [0.25, 0.3) is 10.9 Å². The normalized spacial score (nSPS) is 17.9. The van der Waals surface area contributed by atoms with Crippen LogP contribution in [0.15, 0.2) is 28.9 Å². The molecule has 6 heteroatoms. The summed E-state index contributed by atoms with van der Waals surface area (Å²) in [6.45, 7) is 1.06. The smallest absolute Gasteiger partial charge is 0.308 e. The predicted octanol–water partition coefficient (Wildman–Crippen LogP) is 2.78. The van der Waals surface area contributed by atoms with Gasteiger partial charge in [0.1, 0.15) is 6.07 Å². The number of carbonyl (C=O) groups is 1. The number of fused-ring (bicyclic) bond motifs is 1. The molecular formula is C15H12BrN3O2. The Morgan fingerprint density at radius 1 is 1.52 bits per heavy atom. The highest BCUT2D eigenvalue weighted by atomic mass is 79.9. The van der Waals surface area contributed by atoms with Gasteiger partial charge in [0.25, 0.3) is 0 Å². The number of carboxylic acids is 1. The van der Waals surface area contributed by atoms with Crippen molar-refractivity contribution >= 4 is 38.5 Å². The van der Waals surface area contributed by atoms with Crippen LogP contribution >= 0.6 is 15.9 Å². The van der Waals surface area contributed by atoms with Crippen molar-refractivity contribution in [1.29, 1.82) is 5.26 Å². The van der Waals surface area contributed by atoms with E-state index >= 15 is 0 Å². The Balaban J connectivity index is 2.15. The molecule has 1 unspecified atom stereocenters. The first-order valence-corrected chi connectivity index (χ1v) is 7.36. The van der Waals surface area contributed by atoms with E-state index in [1.807, 2.05) is 23.1 Å². The number of rotatable bonds is 2. The summed E-state index contributed by atoms with van der Waals surface area (Å²) >= 11 is 3.46. The lowest BCUT2D eigenvalue weighted by Gasteiger charge is -2.21. The van der Waals surface area contributed by atoms with Gasteiger partial charge in [-0.2, -0.15) is 5.26 Å². The van der Waals surface area contributed by atoms with Gasteiger partial charge in [-0.15, -0.1) is 0 Å². The molecule has 1 N–H and O–H groups in total. The number of halogens is 1. The minimum absolute atomic E-state index is 0.382. The summed E-state index contributed by atoms with van der Waals surface area (Å²) < 4.78 is 0.861. The summed E-state index contributed by atoms with van der Waals surface area (Å²) in [6.07, 6.45) is 2.15. The molecule has 1 aromatic carbocycles. The molecule has 1 fully saturated rings. The first-order valence-electron chi connectivity index (χ1n) is 6.57. The molecule has 0 spiro atoms. The number of aromatic nitrogens is 1. The second kappa shape index (κ2) is 5.34. The van der Waals surface area contributed by atoms with E-state index in [1.165, 1.54) is 0 Å². The van der Waals surface area contributed by atoms with Crippen LogP contribution in [0.3, 0.4) is 0 Å². The van der Waals surface area contributed by atoms with Gasteiger partial charge >= 0.3 is 5.97 Å². The summed E-state index contributed by atoms with van der Waals surface area (Å²) in [4.78, 5) is 17.4. The molecule has 106 valence electrons. The van der Waals surface area contributed by atoms with Crippen molar-refractivity contribution in [3.05, 3.63) is 34.4 Å². The Bertz CT molecular complexity index is 769. The van der Waals surface area contributed by atoms with E-state index in [0.717, 1.165) is 21.1 Å². The number of carboxylic acid groups (broad SMARTS) is 1. The van der Waals surface area contributed by atoms with Gasteiger partial charge in [-0.05, 0) is 28.4 Å². The van der Waals surface area contributed by atoms with Crippen LogP contribution < -0.4 is 4.90 Å². The summed E-state index contributed by atoms with van der Waals surface area (Å²) in [5.74, 6) is -1.16. The molecule has 2 heterocycles. The molecular weight excluding hydrogens is 334 g/mol. The molecule has 2 aromatic rings. The monoisotopic (exact) mass is 345 g/mol. The highest BCUT2D eigenvalue weighted by Crippen LogP contribution is 2.35.